The van der Waals surface area contributed by atoms with Crippen molar-refractivity contribution < 1.29 is 23.9 Å². The van der Waals surface area contributed by atoms with E-state index in [9.17, 15) is 23.9 Å². The topological polar surface area (TPSA) is 101 Å². The number of amides is 2. The summed E-state index contributed by atoms with van der Waals surface area (Å²) in [7, 11) is 0. The highest BCUT2D eigenvalue weighted by Gasteiger charge is 2.23. The zero-order valence-corrected chi connectivity index (χ0v) is 19.8. The first-order valence-corrected chi connectivity index (χ1v) is 11.7. The lowest BCUT2D eigenvalue weighted by Crippen LogP contribution is -2.27. The van der Waals surface area contributed by atoms with Gasteiger partial charge < -0.3 is 15.0 Å². The third kappa shape index (κ3) is 5.04. The summed E-state index contributed by atoms with van der Waals surface area (Å²) in [6.07, 6.45) is 0.249. The van der Waals surface area contributed by atoms with E-state index >= 15 is 0 Å². The molecule has 0 fully saturated rings. The van der Waals surface area contributed by atoms with Crippen LogP contribution in [0.3, 0.4) is 0 Å². The number of benzene rings is 3. The lowest BCUT2D eigenvalue weighted by molar-refractivity contribution is -0.140. The van der Waals surface area contributed by atoms with Crippen LogP contribution in [0, 0.1) is 12.7 Å². The van der Waals surface area contributed by atoms with Crippen molar-refractivity contribution in [3.05, 3.63) is 94.0 Å². The first-order chi connectivity index (χ1) is 16.8. The smallest absolute Gasteiger partial charge is 0.326 e. The van der Waals surface area contributed by atoms with Gasteiger partial charge in [0.05, 0.1) is 15.8 Å². The molecule has 0 spiro atoms. The van der Waals surface area contributed by atoms with Gasteiger partial charge in [0.25, 0.3) is 11.8 Å². The van der Waals surface area contributed by atoms with E-state index in [-0.39, 0.29) is 16.8 Å². The molecule has 0 aliphatic rings. The molecule has 0 bridgehead atoms. The molecule has 9 heteroatoms. The van der Waals surface area contributed by atoms with Crippen LogP contribution < -0.4 is 10.1 Å². The summed E-state index contributed by atoms with van der Waals surface area (Å²) in [5.41, 5.74) is 2.13. The van der Waals surface area contributed by atoms with E-state index in [1.54, 1.807) is 55.5 Å². The van der Waals surface area contributed by atoms with E-state index in [0.29, 0.717) is 21.5 Å². The van der Waals surface area contributed by atoms with Gasteiger partial charge in [-0.2, -0.15) is 4.99 Å². The largest absolute Gasteiger partial charge is 0.480 e. The lowest BCUT2D eigenvalue weighted by Gasteiger charge is -2.14. The maximum absolute atomic E-state index is 14.0. The van der Waals surface area contributed by atoms with Gasteiger partial charge in [-0.3, -0.25) is 9.59 Å². The van der Waals surface area contributed by atoms with E-state index in [2.05, 4.69) is 10.3 Å². The fourth-order valence-corrected chi connectivity index (χ4v) is 4.70. The molecule has 1 unspecified atom stereocenters. The third-order valence-electron chi connectivity index (χ3n) is 5.48. The van der Waals surface area contributed by atoms with Crippen molar-refractivity contribution in [2.24, 2.45) is 4.99 Å². The maximum atomic E-state index is 14.0. The molecule has 1 heterocycles. The number of aromatic nitrogens is 1. The number of aliphatic carboxylic acids is 1. The Hall–Kier alpha value is -4.11. The maximum Gasteiger partial charge on any atom is 0.326 e. The van der Waals surface area contributed by atoms with E-state index < -0.39 is 29.6 Å². The average molecular weight is 492 g/mol. The predicted molar refractivity (Wildman–Crippen MR) is 132 cm³/mol. The van der Waals surface area contributed by atoms with Crippen molar-refractivity contribution in [3.8, 4) is 0 Å². The van der Waals surface area contributed by atoms with Crippen LogP contribution in [0.4, 0.5) is 10.1 Å². The molecule has 7 nitrogen and oxygen atoms in total. The van der Waals surface area contributed by atoms with Crippen molar-refractivity contribution in [2.75, 3.05) is 5.32 Å². The van der Waals surface area contributed by atoms with Crippen molar-refractivity contribution in [1.82, 2.24) is 4.57 Å². The normalized spacial score (nSPS) is 12.5. The summed E-state index contributed by atoms with van der Waals surface area (Å²) in [5, 5.41) is 12.5. The highest BCUT2D eigenvalue weighted by molar-refractivity contribution is 7.16. The fraction of sp³-hybridized carbons (Fsp3) is 0.154. The molecule has 1 aromatic heterocycles. The van der Waals surface area contributed by atoms with Crippen LogP contribution in [-0.2, 0) is 4.79 Å². The molecule has 2 amide bonds. The van der Waals surface area contributed by atoms with Crippen LogP contribution in [0.5, 0.6) is 0 Å². The van der Waals surface area contributed by atoms with Gasteiger partial charge in [-0.15, -0.1) is 0 Å². The van der Waals surface area contributed by atoms with Crippen LogP contribution in [0.2, 0.25) is 0 Å². The third-order valence-corrected chi connectivity index (χ3v) is 6.52. The number of nitrogens with zero attached hydrogens (tertiary/aromatic N) is 2. The predicted octanol–water partition coefficient (Wildman–Crippen LogP) is 5.18. The zero-order chi connectivity index (χ0) is 25.1. The Labute approximate surface area is 204 Å². The Morgan fingerprint density at radius 3 is 2.46 bits per heavy atom. The molecule has 4 rings (SSSR count). The number of aryl methyl sites for hydroxylation is 1. The van der Waals surface area contributed by atoms with E-state index in [4.69, 9.17) is 0 Å². The number of carbonyl (C=O) groups is 3. The number of nitrogens with one attached hydrogen (secondary N) is 1. The number of anilines is 1. The molecule has 35 heavy (non-hydrogen) atoms. The molecule has 0 aliphatic heterocycles. The molecule has 2 N–H and O–H groups in total. The van der Waals surface area contributed by atoms with Crippen LogP contribution in [0.1, 0.15) is 45.7 Å². The number of hydrogen-bond donors (Lipinski definition) is 2. The molecule has 178 valence electrons. The van der Waals surface area contributed by atoms with E-state index in [0.717, 1.165) is 5.56 Å². The SMILES string of the molecule is CCC(C(=O)O)n1/c(=N/C(=O)c2ccc(C)cc2)sc2ccc(NC(=O)c3ccccc3F)cc21. The Morgan fingerprint density at radius 1 is 1.09 bits per heavy atom. The average Bonchev–Trinajstić information content (AvgIpc) is 3.17. The molecule has 0 saturated heterocycles. The summed E-state index contributed by atoms with van der Waals surface area (Å²) < 4.78 is 16.2. The minimum absolute atomic E-state index is 0.109. The molecule has 4 aromatic rings. The number of carboxylic acids is 1. The number of hydrogen-bond acceptors (Lipinski definition) is 4. The second-order valence-electron chi connectivity index (χ2n) is 7.92. The van der Waals surface area contributed by atoms with Crippen molar-refractivity contribution >= 4 is 45.0 Å². The number of fused-ring (bicyclic) bond motifs is 1. The van der Waals surface area contributed by atoms with Gasteiger partial charge in [-0.25, -0.2) is 9.18 Å². The minimum Gasteiger partial charge on any atom is -0.480 e. The van der Waals surface area contributed by atoms with E-state index in [1.807, 2.05) is 6.92 Å². The summed E-state index contributed by atoms with van der Waals surface area (Å²) in [4.78, 5) is 41.9. The van der Waals surface area contributed by atoms with Crippen molar-refractivity contribution in [3.63, 3.8) is 0 Å². The number of carboxylic acid groups (broad SMARTS) is 1. The number of halogens is 1. The molecular formula is C26H22FN3O4S. The van der Waals surface area contributed by atoms with Crippen LogP contribution in [0.15, 0.2) is 71.7 Å². The summed E-state index contributed by atoms with van der Waals surface area (Å²) in [6, 6.07) is 16.5. The van der Waals surface area contributed by atoms with Gasteiger partial charge in [0.1, 0.15) is 11.9 Å². The Bertz CT molecular complexity index is 1510. The van der Waals surface area contributed by atoms with Gasteiger partial charge in [-0.05, 0) is 55.8 Å². The van der Waals surface area contributed by atoms with E-state index in [1.165, 1.54) is 34.1 Å². The summed E-state index contributed by atoms with van der Waals surface area (Å²) in [5.74, 6) is -2.84. The lowest BCUT2D eigenvalue weighted by atomic mass is 10.1. The van der Waals surface area contributed by atoms with Gasteiger partial charge in [0.2, 0.25) is 0 Å². The minimum atomic E-state index is -1.07. The molecule has 3 aromatic carbocycles. The Morgan fingerprint density at radius 2 is 1.80 bits per heavy atom. The number of carbonyl (C=O) groups excluding carboxylic acids is 2. The second-order valence-corrected chi connectivity index (χ2v) is 8.93. The summed E-state index contributed by atoms with van der Waals surface area (Å²) in [6.45, 7) is 3.64. The summed E-state index contributed by atoms with van der Waals surface area (Å²) >= 11 is 1.18. The first-order valence-electron chi connectivity index (χ1n) is 10.9. The number of thiazole rings is 1. The highest BCUT2D eigenvalue weighted by Crippen LogP contribution is 2.26. The Kier molecular flexibility index (Phi) is 6.88. The second kappa shape index (κ2) is 10.0. The number of rotatable bonds is 6. The molecule has 0 radical (unpaired) electrons. The quantitative estimate of drug-likeness (QED) is 0.388. The highest BCUT2D eigenvalue weighted by atomic mass is 32.1. The van der Waals surface area contributed by atoms with Gasteiger partial charge >= 0.3 is 5.97 Å². The van der Waals surface area contributed by atoms with Gasteiger partial charge in [-0.1, -0.05) is 48.1 Å². The fourth-order valence-electron chi connectivity index (χ4n) is 3.66. The molecule has 0 aliphatic carbocycles. The molecule has 0 saturated carbocycles. The van der Waals surface area contributed by atoms with Gasteiger partial charge in [0.15, 0.2) is 4.80 Å². The van der Waals surface area contributed by atoms with Crippen molar-refractivity contribution in [1.29, 1.82) is 0 Å². The Balaban J connectivity index is 1.81. The monoisotopic (exact) mass is 491 g/mol. The molecule has 1 atom stereocenters. The van der Waals surface area contributed by atoms with Crippen LogP contribution >= 0.6 is 11.3 Å². The zero-order valence-electron chi connectivity index (χ0n) is 19.0. The molecular weight excluding hydrogens is 469 g/mol. The first kappa shape index (κ1) is 24.0. The van der Waals surface area contributed by atoms with Crippen LogP contribution in [-0.4, -0.2) is 27.5 Å². The van der Waals surface area contributed by atoms with Crippen LogP contribution in [0.25, 0.3) is 10.2 Å². The standard InChI is InChI=1S/C26H22FN3O4S/c1-3-20(25(33)34)30-21-14-17(28-24(32)18-6-4-5-7-19(18)27)12-13-22(21)35-26(30)29-23(31)16-10-8-15(2)9-11-16/h4-14,20H,3H2,1-2H3,(H,28,32)(H,33,34)/b29-26-. The van der Waals surface area contributed by atoms with Crippen molar-refractivity contribution in [2.45, 2.75) is 26.3 Å². The van der Waals surface area contributed by atoms with Gasteiger partial charge in [0, 0.05) is 11.3 Å².